The summed E-state index contributed by atoms with van der Waals surface area (Å²) in [4.78, 5) is 0. The van der Waals surface area contributed by atoms with Crippen molar-refractivity contribution in [2.75, 3.05) is 11.9 Å². The standard InChI is InChI=1S/C18H24FN3/c1-13(2)11-16-9-10-17(22-21-16)20-12-18(3,4)14-5-7-15(19)8-6-14/h5-10,13H,11-12H2,1-4H3,(H,20,22). The fourth-order valence-corrected chi connectivity index (χ4v) is 2.30. The lowest BCUT2D eigenvalue weighted by molar-refractivity contribution is 0.551. The first-order valence-electron chi connectivity index (χ1n) is 7.69. The average molecular weight is 301 g/mol. The molecule has 2 aromatic rings. The molecular weight excluding hydrogens is 277 g/mol. The lowest BCUT2D eigenvalue weighted by atomic mass is 9.84. The van der Waals surface area contributed by atoms with Gasteiger partial charge in [0.25, 0.3) is 0 Å². The fraction of sp³-hybridized carbons (Fsp3) is 0.444. The Morgan fingerprint density at radius 2 is 1.73 bits per heavy atom. The number of nitrogens with one attached hydrogen (secondary N) is 1. The van der Waals surface area contributed by atoms with Crippen LogP contribution < -0.4 is 5.32 Å². The summed E-state index contributed by atoms with van der Waals surface area (Å²) in [7, 11) is 0. The van der Waals surface area contributed by atoms with Crippen LogP contribution in [-0.2, 0) is 11.8 Å². The van der Waals surface area contributed by atoms with Gasteiger partial charge in [0.2, 0.25) is 0 Å². The van der Waals surface area contributed by atoms with E-state index >= 15 is 0 Å². The molecule has 0 aliphatic rings. The lowest BCUT2D eigenvalue weighted by Gasteiger charge is -2.25. The Kier molecular flexibility index (Phi) is 5.11. The van der Waals surface area contributed by atoms with Crippen molar-refractivity contribution in [1.29, 1.82) is 0 Å². The minimum Gasteiger partial charge on any atom is -0.368 e. The van der Waals surface area contributed by atoms with E-state index in [4.69, 9.17) is 0 Å². The maximum Gasteiger partial charge on any atom is 0.148 e. The van der Waals surface area contributed by atoms with E-state index in [1.165, 1.54) is 12.1 Å². The second-order valence-electron chi connectivity index (χ2n) is 6.75. The van der Waals surface area contributed by atoms with E-state index in [2.05, 4.69) is 43.2 Å². The molecule has 2 rings (SSSR count). The lowest BCUT2D eigenvalue weighted by Crippen LogP contribution is -2.28. The third-order valence-electron chi connectivity index (χ3n) is 3.67. The smallest absolute Gasteiger partial charge is 0.148 e. The first-order chi connectivity index (χ1) is 10.4. The predicted octanol–water partition coefficient (Wildman–Crippen LogP) is 4.20. The van der Waals surface area contributed by atoms with Gasteiger partial charge in [0.1, 0.15) is 11.6 Å². The molecule has 0 bridgehead atoms. The summed E-state index contributed by atoms with van der Waals surface area (Å²) in [6.07, 6.45) is 0.939. The maximum absolute atomic E-state index is 13.0. The highest BCUT2D eigenvalue weighted by Gasteiger charge is 2.20. The van der Waals surface area contributed by atoms with Crippen LogP contribution in [0.3, 0.4) is 0 Å². The zero-order valence-corrected chi connectivity index (χ0v) is 13.7. The maximum atomic E-state index is 13.0. The van der Waals surface area contributed by atoms with Crippen LogP contribution in [0.25, 0.3) is 0 Å². The van der Waals surface area contributed by atoms with E-state index in [0.29, 0.717) is 12.5 Å². The van der Waals surface area contributed by atoms with Crippen molar-refractivity contribution in [2.24, 2.45) is 5.92 Å². The molecule has 0 amide bonds. The van der Waals surface area contributed by atoms with Crippen LogP contribution in [0.2, 0.25) is 0 Å². The van der Waals surface area contributed by atoms with Crippen LogP contribution in [0.15, 0.2) is 36.4 Å². The van der Waals surface area contributed by atoms with Gasteiger partial charge in [0, 0.05) is 12.0 Å². The van der Waals surface area contributed by atoms with Crippen LogP contribution in [0.4, 0.5) is 10.2 Å². The first kappa shape index (κ1) is 16.4. The Labute approximate surface area is 132 Å². The third-order valence-corrected chi connectivity index (χ3v) is 3.67. The van der Waals surface area contributed by atoms with Crippen molar-refractivity contribution in [2.45, 2.75) is 39.5 Å². The zero-order chi connectivity index (χ0) is 16.2. The molecule has 0 radical (unpaired) electrons. The summed E-state index contributed by atoms with van der Waals surface area (Å²) < 4.78 is 13.0. The van der Waals surface area contributed by atoms with Crippen molar-refractivity contribution in [3.63, 3.8) is 0 Å². The monoisotopic (exact) mass is 301 g/mol. The summed E-state index contributed by atoms with van der Waals surface area (Å²) in [6, 6.07) is 10.6. The molecule has 1 heterocycles. The molecule has 0 unspecified atom stereocenters. The molecule has 1 aromatic carbocycles. The fourth-order valence-electron chi connectivity index (χ4n) is 2.30. The number of hydrogen-bond donors (Lipinski definition) is 1. The third kappa shape index (κ3) is 4.52. The van der Waals surface area contributed by atoms with E-state index in [0.717, 1.165) is 23.5 Å². The molecule has 0 fully saturated rings. The summed E-state index contributed by atoms with van der Waals surface area (Å²) in [5, 5.41) is 11.8. The van der Waals surface area contributed by atoms with Gasteiger partial charge in [-0.2, -0.15) is 5.10 Å². The molecule has 3 nitrogen and oxygen atoms in total. The highest BCUT2D eigenvalue weighted by atomic mass is 19.1. The van der Waals surface area contributed by atoms with E-state index in [1.54, 1.807) is 0 Å². The highest BCUT2D eigenvalue weighted by Crippen LogP contribution is 2.23. The molecule has 0 saturated carbocycles. The number of nitrogens with zero attached hydrogens (tertiary/aromatic N) is 2. The van der Waals surface area contributed by atoms with Gasteiger partial charge >= 0.3 is 0 Å². The first-order valence-corrected chi connectivity index (χ1v) is 7.69. The molecule has 22 heavy (non-hydrogen) atoms. The second kappa shape index (κ2) is 6.86. The zero-order valence-electron chi connectivity index (χ0n) is 13.7. The molecule has 0 saturated heterocycles. The summed E-state index contributed by atoms with van der Waals surface area (Å²) in [5.41, 5.74) is 1.98. The van der Waals surface area contributed by atoms with Gasteiger partial charge in [-0.15, -0.1) is 5.10 Å². The quantitative estimate of drug-likeness (QED) is 0.868. The van der Waals surface area contributed by atoms with Crippen molar-refractivity contribution < 1.29 is 4.39 Å². The van der Waals surface area contributed by atoms with Crippen molar-refractivity contribution in [3.05, 3.63) is 53.5 Å². The Bertz CT molecular complexity index is 589. The Balaban J connectivity index is 1.97. The topological polar surface area (TPSA) is 37.8 Å². The van der Waals surface area contributed by atoms with Gasteiger partial charge in [-0.1, -0.05) is 39.8 Å². The Morgan fingerprint density at radius 1 is 1.05 bits per heavy atom. The summed E-state index contributed by atoms with van der Waals surface area (Å²) in [5.74, 6) is 1.13. The highest BCUT2D eigenvalue weighted by molar-refractivity contribution is 5.35. The molecule has 0 atom stereocenters. The number of halogens is 1. The van der Waals surface area contributed by atoms with E-state index in [1.807, 2.05) is 24.3 Å². The summed E-state index contributed by atoms with van der Waals surface area (Å²) >= 11 is 0. The van der Waals surface area contributed by atoms with Gasteiger partial charge in [-0.25, -0.2) is 4.39 Å². The molecule has 118 valence electrons. The van der Waals surface area contributed by atoms with Crippen LogP contribution >= 0.6 is 0 Å². The van der Waals surface area contributed by atoms with E-state index < -0.39 is 0 Å². The van der Waals surface area contributed by atoms with Crippen LogP contribution in [0, 0.1) is 11.7 Å². The number of aromatic nitrogens is 2. The van der Waals surface area contributed by atoms with Gasteiger partial charge < -0.3 is 5.32 Å². The van der Waals surface area contributed by atoms with E-state index in [9.17, 15) is 4.39 Å². The molecule has 0 aliphatic carbocycles. The van der Waals surface area contributed by atoms with Crippen LogP contribution in [-0.4, -0.2) is 16.7 Å². The van der Waals surface area contributed by atoms with Gasteiger partial charge in [-0.3, -0.25) is 0 Å². The van der Waals surface area contributed by atoms with Crippen LogP contribution in [0.5, 0.6) is 0 Å². The largest absolute Gasteiger partial charge is 0.368 e. The molecule has 0 spiro atoms. The number of rotatable bonds is 6. The Hall–Kier alpha value is -1.97. The van der Waals surface area contributed by atoms with Crippen LogP contribution in [0.1, 0.15) is 39.0 Å². The molecule has 4 heteroatoms. The van der Waals surface area contributed by atoms with Crippen molar-refractivity contribution in [3.8, 4) is 0 Å². The normalized spacial score (nSPS) is 11.7. The van der Waals surface area contributed by atoms with Gasteiger partial charge in [0.15, 0.2) is 0 Å². The number of benzene rings is 1. The number of anilines is 1. The number of hydrogen-bond acceptors (Lipinski definition) is 3. The SMILES string of the molecule is CC(C)Cc1ccc(NCC(C)(C)c2ccc(F)cc2)nn1. The average Bonchev–Trinajstić information content (AvgIpc) is 2.46. The minimum absolute atomic E-state index is 0.119. The molecule has 1 N–H and O–H groups in total. The molecular formula is C18H24FN3. The molecule has 0 aliphatic heterocycles. The Morgan fingerprint density at radius 3 is 2.27 bits per heavy atom. The predicted molar refractivity (Wildman–Crippen MR) is 88.5 cm³/mol. The minimum atomic E-state index is -0.209. The summed E-state index contributed by atoms with van der Waals surface area (Å²) in [6.45, 7) is 9.27. The van der Waals surface area contributed by atoms with Crippen molar-refractivity contribution >= 4 is 5.82 Å². The van der Waals surface area contributed by atoms with Gasteiger partial charge in [-0.05, 0) is 42.2 Å². The van der Waals surface area contributed by atoms with Gasteiger partial charge in [0.05, 0.1) is 5.69 Å². The van der Waals surface area contributed by atoms with Crippen molar-refractivity contribution in [1.82, 2.24) is 10.2 Å². The van der Waals surface area contributed by atoms with E-state index in [-0.39, 0.29) is 11.2 Å². The molecule has 1 aromatic heterocycles. The second-order valence-corrected chi connectivity index (χ2v) is 6.75.